The smallest absolute Gasteiger partial charge is 0.407 e. The van der Waals surface area contributed by atoms with E-state index in [1.165, 1.54) is 37.0 Å². The van der Waals surface area contributed by atoms with Gasteiger partial charge in [0.05, 0.1) is 0 Å². The highest BCUT2D eigenvalue weighted by molar-refractivity contribution is 6.06. The molecular formula is C27H40N4O3. The largest absolute Gasteiger partial charge is 0.445 e. The third kappa shape index (κ3) is 6.10. The van der Waals surface area contributed by atoms with E-state index in [1.807, 2.05) is 30.3 Å². The molecule has 0 unspecified atom stereocenters. The van der Waals surface area contributed by atoms with Gasteiger partial charge < -0.3 is 15.8 Å². The summed E-state index contributed by atoms with van der Waals surface area (Å²) in [6.07, 6.45) is 12.5. The van der Waals surface area contributed by atoms with Crippen LogP contribution >= 0.6 is 0 Å². The number of hydrogen-bond acceptors (Lipinski definition) is 5. The van der Waals surface area contributed by atoms with Crippen LogP contribution in [0.2, 0.25) is 0 Å². The number of alkyl carbamates (subject to hydrolysis) is 1. The van der Waals surface area contributed by atoms with Gasteiger partial charge in [-0.3, -0.25) is 9.69 Å². The van der Waals surface area contributed by atoms with Crippen molar-refractivity contribution >= 4 is 18.0 Å². The molecule has 34 heavy (non-hydrogen) atoms. The van der Waals surface area contributed by atoms with E-state index in [2.05, 4.69) is 5.32 Å². The van der Waals surface area contributed by atoms with Gasteiger partial charge in [-0.1, -0.05) is 75.3 Å². The van der Waals surface area contributed by atoms with Crippen LogP contribution in [0.25, 0.3) is 0 Å². The number of likely N-dealkylation sites (N-methyl/N-ethyl adjacent to an activating group) is 1. The van der Waals surface area contributed by atoms with Crippen LogP contribution in [0.5, 0.6) is 0 Å². The van der Waals surface area contributed by atoms with E-state index in [9.17, 15) is 9.59 Å². The molecule has 4 rings (SSSR count). The number of nitrogens with one attached hydrogen (secondary N) is 1. The maximum absolute atomic E-state index is 13.3. The number of carbonyl (C=O) groups excluding carboxylic acids is 2. The van der Waals surface area contributed by atoms with Crippen molar-refractivity contribution in [2.45, 2.75) is 95.2 Å². The number of rotatable bonds is 8. The summed E-state index contributed by atoms with van der Waals surface area (Å²) in [6.45, 7) is 0.266. The fourth-order valence-corrected chi connectivity index (χ4v) is 6.09. The number of guanidine groups is 1. The van der Waals surface area contributed by atoms with Crippen LogP contribution in [0.3, 0.4) is 0 Å². The Balaban J connectivity index is 1.33. The van der Waals surface area contributed by atoms with Crippen LogP contribution in [0.4, 0.5) is 4.79 Å². The molecule has 0 aromatic heterocycles. The molecule has 3 aliphatic rings. The summed E-state index contributed by atoms with van der Waals surface area (Å²) in [6, 6.07) is 9.76. The lowest BCUT2D eigenvalue weighted by atomic mass is 9.74. The van der Waals surface area contributed by atoms with Gasteiger partial charge >= 0.3 is 6.09 Å². The molecule has 2 amide bonds. The number of carbonyl (C=O) groups is 2. The molecule has 0 bridgehead atoms. The third-order valence-electron chi connectivity index (χ3n) is 8.01. The third-order valence-corrected chi connectivity index (χ3v) is 8.01. The van der Waals surface area contributed by atoms with E-state index in [0.717, 1.165) is 44.1 Å². The first-order chi connectivity index (χ1) is 16.4. The van der Waals surface area contributed by atoms with Crippen LogP contribution in [0, 0.1) is 11.8 Å². The number of ether oxygens (including phenoxy) is 1. The summed E-state index contributed by atoms with van der Waals surface area (Å²) >= 11 is 0. The lowest BCUT2D eigenvalue weighted by molar-refractivity contribution is -0.131. The van der Waals surface area contributed by atoms with Crippen molar-refractivity contribution in [2.75, 3.05) is 7.05 Å². The van der Waals surface area contributed by atoms with Crippen molar-refractivity contribution in [3.63, 3.8) is 0 Å². The number of amides is 2. The molecular weight excluding hydrogens is 428 g/mol. The van der Waals surface area contributed by atoms with Gasteiger partial charge in [-0.25, -0.2) is 9.79 Å². The Kier molecular flexibility index (Phi) is 8.11. The van der Waals surface area contributed by atoms with E-state index in [4.69, 9.17) is 15.5 Å². The maximum atomic E-state index is 13.3. The van der Waals surface area contributed by atoms with E-state index in [0.29, 0.717) is 24.2 Å². The van der Waals surface area contributed by atoms with Gasteiger partial charge in [0, 0.05) is 13.1 Å². The molecule has 3 N–H and O–H groups in total. The van der Waals surface area contributed by atoms with Crippen LogP contribution in [0.15, 0.2) is 35.3 Å². The molecule has 3 atom stereocenters. The molecule has 7 nitrogen and oxygen atoms in total. The first-order valence-corrected chi connectivity index (χ1v) is 13.1. The quantitative estimate of drug-likeness (QED) is 0.575. The van der Waals surface area contributed by atoms with E-state index < -0.39 is 5.54 Å². The second-order valence-corrected chi connectivity index (χ2v) is 10.5. The zero-order valence-electron chi connectivity index (χ0n) is 20.5. The van der Waals surface area contributed by atoms with Crippen LogP contribution in [-0.4, -0.2) is 41.5 Å². The molecule has 1 heterocycles. The average Bonchev–Trinajstić information content (AvgIpc) is 3.06. The molecule has 2 aliphatic carbocycles. The Hall–Kier alpha value is -2.57. The fraction of sp³-hybridized carbons (Fsp3) is 0.667. The summed E-state index contributed by atoms with van der Waals surface area (Å²) < 4.78 is 5.42. The standard InChI is InChI=1S/C27H40N4O3/c1-31-24(32)27(30-25(31)28,16-15-20-9-4-2-5-10-20)18-22-13-8-14-23(17-22)29-26(33)34-19-21-11-6-3-7-12-21/h3,6-7,11-12,20,22-23H,2,4-5,8-10,13-19H2,1H3,(H2,28,30)(H,29,33)/t22-,23+,27-/m1/s1. The van der Waals surface area contributed by atoms with Gasteiger partial charge in [-0.2, -0.15) is 0 Å². The summed E-state index contributed by atoms with van der Waals surface area (Å²) in [7, 11) is 1.73. The molecule has 7 heteroatoms. The summed E-state index contributed by atoms with van der Waals surface area (Å²) in [5, 5.41) is 3.05. The van der Waals surface area contributed by atoms with Crippen molar-refractivity contribution in [3.05, 3.63) is 35.9 Å². The van der Waals surface area contributed by atoms with Crippen LogP contribution in [0.1, 0.15) is 82.6 Å². The minimum atomic E-state index is -0.739. The fourth-order valence-electron chi connectivity index (χ4n) is 6.09. The first kappa shape index (κ1) is 24.6. The molecule has 1 aromatic rings. The molecule has 186 valence electrons. The summed E-state index contributed by atoms with van der Waals surface area (Å²) in [4.78, 5) is 32.0. The highest BCUT2D eigenvalue weighted by Crippen LogP contribution is 2.40. The number of nitrogens with two attached hydrogens (primary N) is 1. The van der Waals surface area contributed by atoms with Crippen molar-refractivity contribution in [3.8, 4) is 0 Å². The Morgan fingerprint density at radius 3 is 2.56 bits per heavy atom. The van der Waals surface area contributed by atoms with Gasteiger partial charge in [-0.15, -0.1) is 0 Å². The Morgan fingerprint density at radius 2 is 1.85 bits per heavy atom. The second-order valence-electron chi connectivity index (χ2n) is 10.5. The predicted octanol–water partition coefficient (Wildman–Crippen LogP) is 4.75. The monoisotopic (exact) mass is 468 g/mol. The molecule has 0 spiro atoms. The SMILES string of the molecule is CN1C(=O)[C@@](CCC2CCCCC2)(C[C@@H]2CCC[C@H](NC(=O)OCc3ccccc3)C2)N=C1N. The Morgan fingerprint density at radius 1 is 1.12 bits per heavy atom. The number of benzene rings is 1. The predicted molar refractivity (Wildman–Crippen MR) is 133 cm³/mol. The Labute approximate surface area is 203 Å². The maximum Gasteiger partial charge on any atom is 0.407 e. The highest BCUT2D eigenvalue weighted by atomic mass is 16.5. The zero-order valence-corrected chi connectivity index (χ0v) is 20.5. The van der Waals surface area contributed by atoms with Gasteiger partial charge in [0.15, 0.2) is 5.96 Å². The number of hydrogen-bond donors (Lipinski definition) is 2. The summed E-state index contributed by atoms with van der Waals surface area (Å²) in [5.74, 6) is 1.40. The second kappa shape index (κ2) is 11.2. The summed E-state index contributed by atoms with van der Waals surface area (Å²) in [5.41, 5.74) is 6.35. The number of aliphatic imine (C=N–C) groups is 1. The highest BCUT2D eigenvalue weighted by Gasteiger charge is 2.48. The molecule has 0 saturated heterocycles. The Bertz CT molecular complexity index is 868. The average molecular weight is 469 g/mol. The number of nitrogens with zero attached hydrogens (tertiary/aromatic N) is 2. The molecule has 1 aliphatic heterocycles. The molecule has 0 radical (unpaired) electrons. The van der Waals surface area contributed by atoms with Gasteiger partial charge in [0.1, 0.15) is 12.1 Å². The van der Waals surface area contributed by atoms with Crippen molar-refractivity contribution in [2.24, 2.45) is 22.6 Å². The van der Waals surface area contributed by atoms with Crippen LogP contribution in [-0.2, 0) is 16.1 Å². The van der Waals surface area contributed by atoms with Crippen molar-refractivity contribution in [1.82, 2.24) is 10.2 Å². The molecule has 2 saturated carbocycles. The van der Waals surface area contributed by atoms with Gasteiger partial charge in [0.25, 0.3) is 5.91 Å². The van der Waals surface area contributed by atoms with Crippen molar-refractivity contribution < 1.29 is 14.3 Å². The molecule has 2 fully saturated rings. The lowest BCUT2D eigenvalue weighted by Gasteiger charge is -2.35. The van der Waals surface area contributed by atoms with E-state index in [1.54, 1.807) is 7.05 Å². The van der Waals surface area contributed by atoms with Crippen molar-refractivity contribution in [1.29, 1.82) is 0 Å². The minimum Gasteiger partial charge on any atom is -0.445 e. The molecule has 1 aromatic carbocycles. The van der Waals surface area contributed by atoms with Gasteiger partial charge in [-0.05, 0) is 49.5 Å². The van der Waals surface area contributed by atoms with Crippen LogP contribution < -0.4 is 11.1 Å². The van der Waals surface area contributed by atoms with Gasteiger partial charge in [0.2, 0.25) is 0 Å². The first-order valence-electron chi connectivity index (χ1n) is 13.1. The van der Waals surface area contributed by atoms with E-state index in [-0.39, 0.29) is 24.6 Å². The zero-order chi connectivity index (χ0) is 24.0. The normalized spacial score (nSPS) is 28.0. The van der Waals surface area contributed by atoms with E-state index >= 15 is 0 Å². The minimum absolute atomic E-state index is 0.0400. The lowest BCUT2D eigenvalue weighted by Crippen LogP contribution is -2.45. The topological polar surface area (TPSA) is 97.0 Å².